The number of nitrogens with one attached hydrogen (secondary N) is 3. The first-order valence-corrected chi connectivity index (χ1v) is 9.85. The van der Waals surface area contributed by atoms with Crippen LogP contribution in [0.2, 0.25) is 0 Å². The van der Waals surface area contributed by atoms with Gasteiger partial charge in [0, 0.05) is 43.5 Å². The Hall–Kier alpha value is -2.38. The fourth-order valence-electron chi connectivity index (χ4n) is 3.21. The van der Waals surface area contributed by atoms with Gasteiger partial charge in [-0.3, -0.25) is 9.69 Å². The van der Waals surface area contributed by atoms with Crippen molar-refractivity contribution >= 4 is 17.6 Å². The van der Waals surface area contributed by atoms with Crippen molar-refractivity contribution in [3.8, 4) is 0 Å². The second-order valence-electron chi connectivity index (χ2n) is 7.34. The molecule has 0 aromatic heterocycles. The van der Waals surface area contributed by atoms with Gasteiger partial charge in [0.25, 0.3) is 5.91 Å². The maximum atomic E-state index is 12.3. The number of morpholine rings is 1. The molecule has 28 heavy (non-hydrogen) atoms. The number of carbonyl (C=O) groups is 2. The zero-order chi connectivity index (χ0) is 20.4. The van der Waals surface area contributed by atoms with E-state index >= 15 is 0 Å². The van der Waals surface area contributed by atoms with Gasteiger partial charge in [0.15, 0.2) is 0 Å². The first-order valence-electron chi connectivity index (χ1n) is 9.85. The van der Waals surface area contributed by atoms with Crippen LogP contribution in [0, 0.1) is 5.92 Å². The normalized spacial score (nSPS) is 15.7. The van der Waals surface area contributed by atoms with Crippen molar-refractivity contribution < 1.29 is 14.3 Å². The van der Waals surface area contributed by atoms with E-state index in [4.69, 9.17) is 4.74 Å². The third-order valence-corrected chi connectivity index (χ3v) is 4.62. The Balaban J connectivity index is 1.84. The smallest absolute Gasteiger partial charge is 0.319 e. The predicted octanol–water partition coefficient (Wildman–Crippen LogP) is 2.47. The molecule has 1 aliphatic rings. The van der Waals surface area contributed by atoms with Gasteiger partial charge in [0.2, 0.25) is 0 Å². The lowest BCUT2D eigenvalue weighted by Crippen LogP contribution is -2.49. The van der Waals surface area contributed by atoms with E-state index in [-0.39, 0.29) is 11.9 Å². The van der Waals surface area contributed by atoms with E-state index < -0.39 is 0 Å². The van der Waals surface area contributed by atoms with Gasteiger partial charge in [-0.2, -0.15) is 0 Å². The van der Waals surface area contributed by atoms with Crippen molar-refractivity contribution in [2.24, 2.45) is 5.92 Å². The van der Waals surface area contributed by atoms with Crippen LogP contribution < -0.4 is 16.0 Å². The van der Waals surface area contributed by atoms with Crippen LogP contribution >= 0.6 is 0 Å². The summed E-state index contributed by atoms with van der Waals surface area (Å²) in [6.07, 6.45) is 2.65. The molecule has 1 heterocycles. The molecule has 3 N–H and O–H groups in total. The molecule has 0 saturated carbocycles. The molecule has 7 nitrogen and oxygen atoms in total. The van der Waals surface area contributed by atoms with Gasteiger partial charge in [-0.1, -0.05) is 19.9 Å². The molecule has 1 atom stereocenters. The summed E-state index contributed by atoms with van der Waals surface area (Å²) < 4.78 is 5.43. The lowest BCUT2D eigenvalue weighted by atomic mass is 10.0. The van der Waals surface area contributed by atoms with E-state index in [1.54, 1.807) is 30.3 Å². The van der Waals surface area contributed by atoms with Crippen molar-refractivity contribution in [2.45, 2.75) is 26.3 Å². The number of hydrogen-bond acceptors (Lipinski definition) is 4. The molecule has 1 saturated heterocycles. The van der Waals surface area contributed by atoms with E-state index in [1.165, 1.54) is 0 Å². The molecule has 3 amide bonds. The van der Waals surface area contributed by atoms with Crippen LogP contribution in [0.15, 0.2) is 36.9 Å². The molecule has 1 fully saturated rings. The monoisotopic (exact) mass is 388 g/mol. The van der Waals surface area contributed by atoms with Crippen LogP contribution in [-0.4, -0.2) is 62.3 Å². The van der Waals surface area contributed by atoms with Crippen LogP contribution in [0.1, 0.15) is 30.6 Å². The molecule has 1 unspecified atom stereocenters. The second kappa shape index (κ2) is 11.5. The van der Waals surface area contributed by atoms with Crippen LogP contribution in [0.4, 0.5) is 10.5 Å². The lowest BCUT2D eigenvalue weighted by Gasteiger charge is -2.35. The molecular weight excluding hydrogens is 356 g/mol. The van der Waals surface area contributed by atoms with Gasteiger partial charge < -0.3 is 20.7 Å². The molecule has 0 aliphatic carbocycles. The molecule has 154 valence electrons. The molecule has 1 aliphatic heterocycles. The molecule has 1 aromatic carbocycles. The second-order valence-corrected chi connectivity index (χ2v) is 7.34. The van der Waals surface area contributed by atoms with Gasteiger partial charge in [-0.15, -0.1) is 6.58 Å². The number of ether oxygens (including phenoxy) is 1. The van der Waals surface area contributed by atoms with Crippen LogP contribution in [0.3, 0.4) is 0 Å². The number of nitrogens with zero attached hydrogens (tertiary/aromatic N) is 1. The maximum absolute atomic E-state index is 12.3. The largest absolute Gasteiger partial charge is 0.379 e. The molecule has 2 rings (SSSR count). The van der Waals surface area contributed by atoms with Crippen LogP contribution in [-0.2, 0) is 4.74 Å². The molecule has 0 bridgehead atoms. The van der Waals surface area contributed by atoms with Crippen LogP contribution in [0.5, 0.6) is 0 Å². The van der Waals surface area contributed by atoms with Gasteiger partial charge in [0.05, 0.1) is 13.2 Å². The Labute approximate surface area is 167 Å². The van der Waals surface area contributed by atoms with E-state index in [9.17, 15) is 9.59 Å². The molecule has 1 aromatic rings. The SMILES string of the molecule is C=CCNC(=O)c1ccc(NC(=O)NCC(CC(C)C)N2CCOCC2)cc1. The number of hydrogen-bond donors (Lipinski definition) is 3. The minimum atomic E-state index is -0.245. The van der Waals surface area contributed by atoms with Gasteiger partial charge in [-0.05, 0) is 36.6 Å². The quantitative estimate of drug-likeness (QED) is 0.568. The minimum absolute atomic E-state index is 0.169. The molecular formula is C21H32N4O3. The number of rotatable bonds is 9. The lowest BCUT2D eigenvalue weighted by molar-refractivity contribution is 0.0130. The number of anilines is 1. The maximum Gasteiger partial charge on any atom is 0.319 e. The molecule has 7 heteroatoms. The van der Waals surface area contributed by atoms with Gasteiger partial charge >= 0.3 is 6.03 Å². The third-order valence-electron chi connectivity index (χ3n) is 4.62. The van der Waals surface area contributed by atoms with E-state index in [0.717, 1.165) is 32.7 Å². The highest BCUT2D eigenvalue weighted by Crippen LogP contribution is 2.13. The van der Waals surface area contributed by atoms with Gasteiger partial charge in [0.1, 0.15) is 0 Å². The Morgan fingerprint density at radius 3 is 2.46 bits per heavy atom. The van der Waals surface area contributed by atoms with E-state index in [1.807, 2.05) is 0 Å². The number of benzene rings is 1. The van der Waals surface area contributed by atoms with Crippen LogP contribution in [0.25, 0.3) is 0 Å². The van der Waals surface area contributed by atoms with Crippen molar-refractivity contribution in [3.05, 3.63) is 42.5 Å². The fraction of sp³-hybridized carbons (Fsp3) is 0.524. The number of urea groups is 1. The summed E-state index contributed by atoms with van der Waals surface area (Å²) in [6, 6.07) is 6.86. The predicted molar refractivity (Wildman–Crippen MR) is 112 cm³/mol. The van der Waals surface area contributed by atoms with Crippen molar-refractivity contribution in [3.63, 3.8) is 0 Å². The highest BCUT2D eigenvalue weighted by molar-refractivity contribution is 5.95. The molecule has 0 spiro atoms. The minimum Gasteiger partial charge on any atom is -0.379 e. The highest BCUT2D eigenvalue weighted by atomic mass is 16.5. The summed E-state index contributed by atoms with van der Waals surface area (Å²) in [6.45, 7) is 12.3. The Morgan fingerprint density at radius 1 is 1.18 bits per heavy atom. The topological polar surface area (TPSA) is 82.7 Å². The number of amides is 3. The number of carbonyl (C=O) groups excluding carboxylic acids is 2. The molecule has 0 radical (unpaired) electrons. The summed E-state index contributed by atoms with van der Waals surface area (Å²) in [5, 5.41) is 8.52. The standard InChI is InChI=1S/C21H32N4O3/c1-4-9-22-20(26)17-5-7-18(8-6-17)24-21(27)23-15-19(14-16(2)3)25-10-12-28-13-11-25/h4-8,16,19H,1,9-15H2,2-3H3,(H,22,26)(H2,23,24,27). The summed E-state index contributed by atoms with van der Waals surface area (Å²) in [4.78, 5) is 26.6. The zero-order valence-electron chi connectivity index (χ0n) is 16.9. The van der Waals surface area contributed by atoms with Crippen molar-refractivity contribution in [1.82, 2.24) is 15.5 Å². The van der Waals surface area contributed by atoms with Crippen molar-refractivity contribution in [1.29, 1.82) is 0 Å². The van der Waals surface area contributed by atoms with E-state index in [0.29, 0.717) is 36.3 Å². The highest BCUT2D eigenvalue weighted by Gasteiger charge is 2.22. The average molecular weight is 389 g/mol. The first-order chi connectivity index (χ1) is 13.5. The van der Waals surface area contributed by atoms with E-state index in [2.05, 4.69) is 41.3 Å². The Morgan fingerprint density at radius 2 is 1.86 bits per heavy atom. The summed E-state index contributed by atoms with van der Waals surface area (Å²) >= 11 is 0. The zero-order valence-corrected chi connectivity index (χ0v) is 16.9. The third kappa shape index (κ3) is 7.32. The summed E-state index contributed by atoms with van der Waals surface area (Å²) in [5.41, 5.74) is 1.18. The fourth-order valence-corrected chi connectivity index (χ4v) is 3.21. The summed E-state index contributed by atoms with van der Waals surface area (Å²) in [5.74, 6) is 0.385. The average Bonchev–Trinajstić information content (AvgIpc) is 2.70. The first kappa shape index (κ1) is 21.9. The Bertz CT molecular complexity index is 640. The van der Waals surface area contributed by atoms with Gasteiger partial charge in [-0.25, -0.2) is 4.79 Å². The Kier molecular flexibility index (Phi) is 8.97. The van der Waals surface area contributed by atoms with Crippen molar-refractivity contribution in [2.75, 3.05) is 44.7 Å². The summed E-state index contributed by atoms with van der Waals surface area (Å²) in [7, 11) is 0.